The van der Waals surface area contributed by atoms with Crippen LogP contribution in [-0.4, -0.2) is 39.2 Å². The molecule has 4 aromatic rings. The van der Waals surface area contributed by atoms with E-state index in [0.29, 0.717) is 0 Å². The van der Waals surface area contributed by atoms with Crippen LogP contribution in [0.15, 0.2) is 42.6 Å². The zero-order chi connectivity index (χ0) is 18.9. The second-order valence-corrected chi connectivity index (χ2v) is 7.63. The number of hydrogen-bond donors (Lipinski definition) is 2. The summed E-state index contributed by atoms with van der Waals surface area (Å²) in [5, 5.41) is 5.94. The van der Waals surface area contributed by atoms with Crippen LogP contribution in [0.25, 0.3) is 21.9 Å². The summed E-state index contributed by atoms with van der Waals surface area (Å²) in [7, 11) is 0. The maximum absolute atomic E-state index is 4.86. The molecule has 0 unspecified atom stereocenters. The number of para-hydroxylation sites is 1. The predicted octanol–water partition coefficient (Wildman–Crippen LogP) is 4.32. The van der Waals surface area contributed by atoms with E-state index in [1.54, 1.807) is 0 Å². The topological polar surface area (TPSA) is 61.8 Å². The quantitative estimate of drug-likeness (QED) is 0.493. The lowest BCUT2D eigenvalue weighted by Crippen LogP contribution is -2.21. The average molecular weight is 374 g/mol. The van der Waals surface area contributed by atoms with Crippen LogP contribution in [0, 0.1) is 6.92 Å². The minimum atomic E-state index is 0.839. The molecule has 2 N–H and O–H groups in total. The van der Waals surface area contributed by atoms with Crippen molar-refractivity contribution >= 4 is 33.7 Å². The number of nitrogens with zero attached hydrogens (tertiary/aromatic N) is 4. The molecule has 5 rings (SSSR count). The Morgan fingerprint density at radius 3 is 2.86 bits per heavy atom. The highest BCUT2D eigenvalue weighted by Gasteiger charge is 2.18. The van der Waals surface area contributed by atoms with Crippen LogP contribution in [0.3, 0.4) is 0 Å². The van der Waals surface area contributed by atoms with Crippen molar-refractivity contribution in [2.75, 3.05) is 29.9 Å². The fourth-order valence-corrected chi connectivity index (χ4v) is 4.11. The first-order valence-corrected chi connectivity index (χ1v) is 10.2. The van der Waals surface area contributed by atoms with Crippen LogP contribution >= 0.6 is 0 Å². The molecule has 0 saturated carbocycles. The molecule has 6 nitrogen and oxygen atoms in total. The monoisotopic (exact) mass is 374 g/mol. The smallest absolute Gasteiger partial charge is 0.229 e. The molecule has 1 aromatic carbocycles. The van der Waals surface area contributed by atoms with Gasteiger partial charge in [0.05, 0.1) is 5.39 Å². The molecule has 0 bridgehead atoms. The molecule has 0 aliphatic carbocycles. The number of H-pyrrole nitrogens is 1. The van der Waals surface area contributed by atoms with Gasteiger partial charge < -0.3 is 19.8 Å². The van der Waals surface area contributed by atoms with Crippen LogP contribution in [-0.2, 0) is 6.54 Å². The molecule has 6 heteroatoms. The standard InChI is InChI=1S/C22H26N6/c1-16-15-18-20(25-22(26-21(18)24-16)28-11-4-5-12-28)23-10-6-13-27-14-9-17-7-2-3-8-19(17)27/h2-3,7-9,14-15H,4-6,10-13H2,1H3,(H2,23,24,25,26). The van der Waals surface area contributed by atoms with Gasteiger partial charge in [0, 0.05) is 43.6 Å². The van der Waals surface area contributed by atoms with Gasteiger partial charge in [-0.1, -0.05) is 18.2 Å². The number of aromatic amines is 1. The van der Waals surface area contributed by atoms with E-state index in [0.717, 1.165) is 61.1 Å². The van der Waals surface area contributed by atoms with Crippen molar-refractivity contribution in [3.63, 3.8) is 0 Å². The van der Waals surface area contributed by atoms with Crippen LogP contribution in [0.4, 0.5) is 11.8 Å². The molecular weight excluding hydrogens is 348 g/mol. The number of aromatic nitrogens is 4. The average Bonchev–Trinajstić information content (AvgIpc) is 3.44. The van der Waals surface area contributed by atoms with Crippen LogP contribution in [0.2, 0.25) is 0 Å². The summed E-state index contributed by atoms with van der Waals surface area (Å²) in [6.45, 7) is 6.02. The number of anilines is 2. The van der Waals surface area contributed by atoms with Crippen molar-refractivity contribution in [2.24, 2.45) is 0 Å². The molecule has 1 saturated heterocycles. The number of aryl methyl sites for hydroxylation is 2. The zero-order valence-electron chi connectivity index (χ0n) is 16.3. The van der Waals surface area contributed by atoms with Gasteiger partial charge in [-0.3, -0.25) is 0 Å². The van der Waals surface area contributed by atoms with Crippen LogP contribution in [0.1, 0.15) is 25.0 Å². The van der Waals surface area contributed by atoms with Gasteiger partial charge in [-0.2, -0.15) is 9.97 Å². The zero-order valence-corrected chi connectivity index (χ0v) is 16.3. The van der Waals surface area contributed by atoms with Crippen LogP contribution < -0.4 is 10.2 Å². The van der Waals surface area contributed by atoms with Crippen LogP contribution in [0.5, 0.6) is 0 Å². The van der Waals surface area contributed by atoms with Crippen molar-refractivity contribution in [3.05, 3.63) is 48.3 Å². The number of hydrogen-bond acceptors (Lipinski definition) is 4. The molecule has 0 radical (unpaired) electrons. The number of nitrogens with one attached hydrogen (secondary N) is 2. The van der Waals surface area contributed by atoms with E-state index in [-0.39, 0.29) is 0 Å². The number of fused-ring (bicyclic) bond motifs is 2. The largest absolute Gasteiger partial charge is 0.369 e. The Kier molecular flexibility index (Phi) is 4.39. The first-order chi connectivity index (χ1) is 13.8. The van der Waals surface area contributed by atoms with Crippen molar-refractivity contribution in [3.8, 4) is 0 Å². The van der Waals surface area contributed by atoms with E-state index >= 15 is 0 Å². The van der Waals surface area contributed by atoms with E-state index in [2.05, 4.69) is 69.3 Å². The number of rotatable bonds is 6. The Hall–Kier alpha value is -3.02. The fraction of sp³-hybridized carbons (Fsp3) is 0.364. The van der Waals surface area contributed by atoms with Crippen molar-refractivity contribution < 1.29 is 0 Å². The van der Waals surface area contributed by atoms with E-state index in [1.807, 2.05) is 0 Å². The fourth-order valence-electron chi connectivity index (χ4n) is 4.11. The highest BCUT2D eigenvalue weighted by Crippen LogP contribution is 2.26. The Morgan fingerprint density at radius 2 is 1.96 bits per heavy atom. The second kappa shape index (κ2) is 7.19. The first-order valence-electron chi connectivity index (χ1n) is 10.2. The van der Waals surface area contributed by atoms with Gasteiger partial charge in [0.15, 0.2) is 0 Å². The summed E-state index contributed by atoms with van der Waals surface area (Å²) in [6.07, 6.45) is 5.65. The number of benzene rings is 1. The molecule has 3 aromatic heterocycles. The molecule has 1 fully saturated rings. The first kappa shape index (κ1) is 17.1. The summed E-state index contributed by atoms with van der Waals surface area (Å²) in [5.41, 5.74) is 3.34. The molecule has 144 valence electrons. The summed E-state index contributed by atoms with van der Waals surface area (Å²) in [6, 6.07) is 12.8. The minimum Gasteiger partial charge on any atom is -0.369 e. The lowest BCUT2D eigenvalue weighted by atomic mass is 10.2. The highest BCUT2D eigenvalue weighted by atomic mass is 15.3. The minimum absolute atomic E-state index is 0.839. The second-order valence-electron chi connectivity index (χ2n) is 7.63. The Balaban J connectivity index is 1.31. The maximum Gasteiger partial charge on any atom is 0.229 e. The maximum atomic E-state index is 4.86. The van der Waals surface area contributed by atoms with Gasteiger partial charge in [-0.05, 0) is 49.8 Å². The van der Waals surface area contributed by atoms with Gasteiger partial charge in [-0.25, -0.2) is 0 Å². The Labute approximate surface area is 164 Å². The summed E-state index contributed by atoms with van der Waals surface area (Å²) in [5.74, 6) is 1.78. The predicted molar refractivity (Wildman–Crippen MR) is 115 cm³/mol. The van der Waals surface area contributed by atoms with Gasteiger partial charge in [0.25, 0.3) is 0 Å². The lowest BCUT2D eigenvalue weighted by molar-refractivity contribution is 0.682. The third kappa shape index (κ3) is 3.19. The molecule has 1 aliphatic heterocycles. The highest BCUT2D eigenvalue weighted by molar-refractivity contribution is 5.89. The Bertz CT molecular complexity index is 1100. The third-order valence-electron chi connectivity index (χ3n) is 5.55. The van der Waals surface area contributed by atoms with Crippen molar-refractivity contribution in [2.45, 2.75) is 32.7 Å². The van der Waals surface area contributed by atoms with E-state index in [4.69, 9.17) is 9.97 Å². The molecule has 0 amide bonds. The Morgan fingerprint density at radius 1 is 1.11 bits per heavy atom. The van der Waals surface area contributed by atoms with E-state index < -0.39 is 0 Å². The molecular formula is C22H26N6. The van der Waals surface area contributed by atoms with Gasteiger partial charge in [0.1, 0.15) is 11.5 Å². The van der Waals surface area contributed by atoms with E-state index in [1.165, 1.54) is 23.7 Å². The molecule has 1 aliphatic rings. The van der Waals surface area contributed by atoms with Gasteiger partial charge >= 0.3 is 0 Å². The third-order valence-corrected chi connectivity index (χ3v) is 5.55. The molecule has 0 spiro atoms. The SMILES string of the molecule is Cc1cc2c(NCCCn3ccc4ccccc43)nc(N3CCCC3)nc2[nH]1. The van der Waals surface area contributed by atoms with Crippen molar-refractivity contribution in [1.82, 2.24) is 19.5 Å². The molecule has 4 heterocycles. The van der Waals surface area contributed by atoms with E-state index in [9.17, 15) is 0 Å². The molecule has 28 heavy (non-hydrogen) atoms. The normalized spacial score (nSPS) is 14.4. The van der Waals surface area contributed by atoms with Gasteiger partial charge in [0.2, 0.25) is 5.95 Å². The van der Waals surface area contributed by atoms with Crippen molar-refractivity contribution in [1.29, 1.82) is 0 Å². The van der Waals surface area contributed by atoms with Gasteiger partial charge in [-0.15, -0.1) is 0 Å². The lowest BCUT2D eigenvalue weighted by Gasteiger charge is -2.16. The molecule has 0 atom stereocenters. The summed E-state index contributed by atoms with van der Waals surface area (Å²) >= 11 is 0. The summed E-state index contributed by atoms with van der Waals surface area (Å²) < 4.78 is 2.32. The summed E-state index contributed by atoms with van der Waals surface area (Å²) in [4.78, 5) is 15.3.